The summed E-state index contributed by atoms with van der Waals surface area (Å²) in [5.41, 5.74) is 9.27. The molecule has 0 saturated heterocycles. The van der Waals surface area contributed by atoms with E-state index in [2.05, 4.69) is 164 Å². The molecule has 41 heavy (non-hydrogen) atoms. The van der Waals surface area contributed by atoms with E-state index in [-0.39, 0.29) is 5.41 Å². The molecule has 1 aromatic heterocycles. The molecule has 0 radical (unpaired) electrons. The van der Waals surface area contributed by atoms with E-state index in [0.29, 0.717) is 0 Å². The van der Waals surface area contributed by atoms with Gasteiger partial charge in [-0.3, -0.25) is 0 Å². The summed E-state index contributed by atoms with van der Waals surface area (Å²) in [4.78, 5) is 4.09. The smallest absolute Gasteiger partial charge is 0.0622 e. The van der Waals surface area contributed by atoms with Gasteiger partial charge in [0.05, 0.1) is 11.0 Å². The minimum atomic E-state index is -0.701. The van der Waals surface area contributed by atoms with E-state index < -0.39 is 10.9 Å². The average Bonchev–Trinajstić information content (AvgIpc) is 3.48. The molecule has 8 rings (SSSR count). The van der Waals surface area contributed by atoms with Crippen molar-refractivity contribution in [1.29, 1.82) is 0 Å². The number of aromatic nitrogens is 1. The van der Waals surface area contributed by atoms with Gasteiger partial charge in [0.25, 0.3) is 0 Å². The molecule has 0 unspecified atom stereocenters. The van der Waals surface area contributed by atoms with Crippen LogP contribution in [-0.2, 0) is 5.41 Å². The third kappa shape index (κ3) is 3.64. The summed E-state index contributed by atoms with van der Waals surface area (Å²) in [6, 6.07) is 53.8. The highest BCUT2D eigenvalue weighted by molar-refractivity contribution is 8.17. The standard InChI is InChI=1S/C39H31NS/c1-39(2)34-22-11-9-21-33(34)37-35(39)25-24-32-31-20-10-12-23-36(31)40(38(32)37)27-14-13-19-30(26-27)41(28-15-5-3-6-16-28)29-17-7-4-8-18-29/h3-26,41H,1-2H3. The van der Waals surface area contributed by atoms with Crippen molar-refractivity contribution >= 4 is 32.7 Å². The molecule has 0 saturated carbocycles. The Labute approximate surface area is 244 Å². The molecular formula is C39H31NS. The molecule has 0 N–H and O–H groups in total. The maximum atomic E-state index is 2.52. The van der Waals surface area contributed by atoms with Gasteiger partial charge in [0.2, 0.25) is 0 Å². The zero-order valence-corrected chi connectivity index (χ0v) is 24.1. The Morgan fingerprint density at radius 3 is 1.90 bits per heavy atom. The summed E-state index contributed by atoms with van der Waals surface area (Å²) >= 11 is 0. The van der Waals surface area contributed by atoms with E-state index in [4.69, 9.17) is 0 Å². The van der Waals surface area contributed by atoms with Crippen LogP contribution in [0.25, 0.3) is 38.6 Å². The van der Waals surface area contributed by atoms with E-state index in [1.165, 1.54) is 64.4 Å². The van der Waals surface area contributed by atoms with Crippen LogP contribution < -0.4 is 0 Å². The number of nitrogens with zero attached hydrogens (tertiary/aromatic N) is 1. The van der Waals surface area contributed by atoms with E-state index in [1.54, 1.807) is 0 Å². The van der Waals surface area contributed by atoms with E-state index in [1.807, 2.05) is 0 Å². The summed E-state index contributed by atoms with van der Waals surface area (Å²) in [5.74, 6) is 0. The van der Waals surface area contributed by atoms with Gasteiger partial charge in [-0.25, -0.2) is 0 Å². The number of para-hydroxylation sites is 1. The molecule has 0 bridgehead atoms. The van der Waals surface area contributed by atoms with Crippen LogP contribution in [0, 0.1) is 0 Å². The average molecular weight is 546 g/mol. The molecular weight excluding hydrogens is 515 g/mol. The lowest BCUT2D eigenvalue weighted by atomic mass is 9.82. The first kappa shape index (κ1) is 24.3. The molecule has 7 aromatic rings. The maximum absolute atomic E-state index is 2.52. The molecule has 1 aliphatic rings. The molecule has 1 nitrogen and oxygen atoms in total. The van der Waals surface area contributed by atoms with E-state index >= 15 is 0 Å². The fourth-order valence-electron chi connectivity index (χ4n) is 6.88. The first-order valence-corrected chi connectivity index (χ1v) is 15.6. The summed E-state index contributed by atoms with van der Waals surface area (Å²) in [5, 5.41) is 2.61. The van der Waals surface area contributed by atoms with Crippen LogP contribution in [0.3, 0.4) is 0 Å². The minimum Gasteiger partial charge on any atom is -0.309 e. The predicted molar refractivity (Wildman–Crippen MR) is 175 cm³/mol. The Bertz CT molecular complexity index is 2030. The zero-order chi connectivity index (χ0) is 27.6. The molecule has 1 heterocycles. The van der Waals surface area contributed by atoms with E-state index in [9.17, 15) is 0 Å². The molecule has 0 atom stereocenters. The predicted octanol–water partition coefficient (Wildman–Crippen LogP) is 10.6. The van der Waals surface area contributed by atoms with Crippen molar-refractivity contribution in [1.82, 2.24) is 4.57 Å². The van der Waals surface area contributed by atoms with Crippen molar-refractivity contribution < 1.29 is 0 Å². The normalized spacial score (nSPS) is 13.8. The van der Waals surface area contributed by atoms with Crippen LogP contribution in [0.4, 0.5) is 0 Å². The van der Waals surface area contributed by atoms with Crippen LogP contribution in [0.15, 0.2) is 160 Å². The fourth-order valence-corrected chi connectivity index (χ4v) is 9.21. The lowest BCUT2D eigenvalue weighted by Crippen LogP contribution is -2.14. The van der Waals surface area contributed by atoms with Crippen molar-refractivity contribution in [3.05, 3.63) is 157 Å². The van der Waals surface area contributed by atoms with Gasteiger partial charge in [-0.15, -0.1) is 0 Å². The topological polar surface area (TPSA) is 4.93 Å². The Balaban J connectivity index is 1.44. The molecule has 0 spiro atoms. The first-order chi connectivity index (χ1) is 20.1. The summed E-state index contributed by atoms with van der Waals surface area (Å²) in [6.45, 7) is 4.73. The molecule has 1 aliphatic carbocycles. The quantitative estimate of drug-likeness (QED) is 0.210. The second-order valence-electron chi connectivity index (χ2n) is 11.4. The Morgan fingerprint density at radius 2 is 1.15 bits per heavy atom. The number of hydrogen-bond acceptors (Lipinski definition) is 0. The van der Waals surface area contributed by atoms with Gasteiger partial charge in [-0.05, 0) is 79.9 Å². The number of fused-ring (bicyclic) bond motifs is 7. The summed E-state index contributed by atoms with van der Waals surface area (Å²) in [6.07, 6.45) is 0. The Hall–Kier alpha value is -4.53. The second kappa shape index (κ2) is 9.26. The number of hydrogen-bond donors (Lipinski definition) is 1. The van der Waals surface area contributed by atoms with Gasteiger partial charge in [0.1, 0.15) is 0 Å². The van der Waals surface area contributed by atoms with Crippen LogP contribution in [0.2, 0.25) is 0 Å². The first-order valence-electron chi connectivity index (χ1n) is 14.3. The summed E-state index contributed by atoms with van der Waals surface area (Å²) < 4.78 is 2.52. The minimum absolute atomic E-state index is 0.0435. The van der Waals surface area contributed by atoms with Gasteiger partial charge < -0.3 is 4.57 Å². The molecule has 198 valence electrons. The third-order valence-electron chi connectivity index (χ3n) is 8.75. The number of benzene rings is 6. The number of thiol groups is 1. The molecule has 0 fully saturated rings. The van der Waals surface area contributed by atoms with Gasteiger partial charge in [0, 0.05) is 27.4 Å². The van der Waals surface area contributed by atoms with Crippen molar-refractivity contribution in [3.8, 4) is 16.8 Å². The van der Waals surface area contributed by atoms with Gasteiger partial charge in [-0.2, -0.15) is 10.9 Å². The van der Waals surface area contributed by atoms with Crippen molar-refractivity contribution in [2.75, 3.05) is 0 Å². The highest BCUT2D eigenvalue weighted by Gasteiger charge is 2.37. The van der Waals surface area contributed by atoms with Crippen LogP contribution in [0.5, 0.6) is 0 Å². The lowest BCUT2D eigenvalue weighted by Gasteiger charge is -2.24. The van der Waals surface area contributed by atoms with Gasteiger partial charge in [0.15, 0.2) is 0 Å². The van der Waals surface area contributed by atoms with Gasteiger partial charge in [-0.1, -0.05) is 111 Å². The molecule has 6 aromatic carbocycles. The van der Waals surface area contributed by atoms with Crippen molar-refractivity contribution in [3.63, 3.8) is 0 Å². The van der Waals surface area contributed by atoms with Crippen molar-refractivity contribution in [2.45, 2.75) is 33.9 Å². The molecule has 0 aliphatic heterocycles. The fraction of sp³-hybridized carbons (Fsp3) is 0.0769. The lowest BCUT2D eigenvalue weighted by molar-refractivity contribution is 0.661. The van der Waals surface area contributed by atoms with Crippen LogP contribution in [-0.4, -0.2) is 4.57 Å². The van der Waals surface area contributed by atoms with Crippen LogP contribution >= 0.6 is 10.9 Å². The summed E-state index contributed by atoms with van der Waals surface area (Å²) in [7, 11) is -0.701. The zero-order valence-electron chi connectivity index (χ0n) is 23.3. The third-order valence-corrected chi connectivity index (χ3v) is 11.2. The largest absolute Gasteiger partial charge is 0.309 e. The molecule has 0 amide bonds. The highest BCUT2D eigenvalue weighted by atomic mass is 32.2. The number of rotatable bonds is 4. The van der Waals surface area contributed by atoms with Crippen LogP contribution in [0.1, 0.15) is 25.0 Å². The van der Waals surface area contributed by atoms with Crippen molar-refractivity contribution in [2.24, 2.45) is 0 Å². The molecule has 2 heteroatoms. The highest BCUT2D eigenvalue weighted by Crippen LogP contribution is 2.54. The van der Waals surface area contributed by atoms with Gasteiger partial charge >= 0.3 is 0 Å². The monoisotopic (exact) mass is 545 g/mol. The Kier molecular flexibility index (Phi) is 5.48. The second-order valence-corrected chi connectivity index (χ2v) is 13.7. The Morgan fingerprint density at radius 1 is 0.512 bits per heavy atom. The van der Waals surface area contributed by atoms with E-state index in [0.717, 1.165) is 0 Å². The SMILES string of the molecule is CC1(C)c2ccccc2-c2c1ccc1c3ccccc3n(-c3cccc([SH](c4ccccc4)c4ccccc4)c3)c21. The maximum Gasteiger partial charge on any atom is 0.0622 e.